The van der Waals surface area contributed by atoms with E-state index in [4.69, 9.17) is 0 Å². The SMILES string of the molecule is Cc1ccc2c(N=Nc3cccc4ccccc34)c(O)c(S(=O)(=O)O)cc2c1. The van der Waals surface area contributed by atoms with Crippen LogP contribution in [0, 0.1) is 6.92 Å². The van der Waals surface area contributed by atoms with Crippen LogP contribution in [0.25, 0.3) is 21.5 Å². The van der Waals surface area contributed by atoms with Crippen LogP contribution in [-0.2, 0) is 10.1 Å². The molecule has 0 heterocycles. The van der Waals surface area contributed by atoms with E-state index in [1.165, 1.54) is 6.07 Å². The van der Waals surface area contributed by atoms with Crippen LogP contribution in [-0.4, -0.2) is 18.1 Å². The first-order valence-corrected chi connectivity index (χ1v) is 9.92. The van der Waals surface area contributed by atoms with Crippen LogP contribution in [0.4, 0.5) is 11.4 Å². The van der Waals surface area contributed by atoms with Crippen molar-refractivity contribution in [2.75, 3.05) is 0 Å². The monoisotopic (exact) mass is 392 g/mol. The molecule has 0 saturated heterocycles. The molecule has 4 rings (SSSR count). The molecule has 0 aliphatic rings. The lowest BCUT2D eigenvalue weighted by Crippen LogP contribution is -1.99. The predicted molar refractivity (Wildman–Crippen MR) is 108 cm³/mol. The Labute approximate surface area is 161 Å². The van der Waals surface area contributed by atoms with E-state index < -0.39 is 20.8 Å². The van der Waals surface area contributed by atoms with Crippen LogP contribution in [0.1, 0.15) is 5.56 Å². The van der Waals surface area contributed by atoms with Gasteiger partial charge in [0.2, 0.25) is 0 Å². The van der Waals surface area contributed by atoms with Crippen LogP contribution >= 0.6 is 0 Å². The lowest BCUT2D eigenvalue weighted by atomic mass is 10.1. The first-order valence-electron chi connectivity index (χ1n) is 8.48. The van der Waals surface area contributed by atoms with Crippen molar-refractivity contribution in [1.29, 1.82) is 0 Å². The summed E-state index contributed by atoms with van der Waals surface area (Å²) in [6.07, 6.45) is 0. The topological polar surface area (TPSA) is 99.3 Å². The molecule has 0 atom stereocenters. The minimum Gasteiger partial charge on any atom is -0.504 e. The maximum absolute atomic E-state index is 11.7. The predicted octanol–water partition coefficient (Wildman–Crippen LogP) is 5.67. The first-order chi connectivity index (χ1) is 13.3. The van der Waals surface area contributed by atoms with Crippen molar-refractivity contribution in [3.8, 4) is 5.75 Å². The highest BCUT2D eigenvalue weighted by Crippen LogP contribution is 2.42. The van der Waals surface area contributed by atoms with E-state index in [1.54, 1.807) is 18.2 Å². The van der Waals surface area contributed by atoms with Gasteiger partial charge < -0.3 is 5.11 Å². The molecule has 0 amide bonds. The molecule has 4 aromatic carbocycles. The Morgan fingerprint density at radius 1 is 0.821 bits per heavy atom. The molecule has 0 bridgehead atoms. The summed E-state index contributed by atoms with van der Waals surface area (Å²) < 4.78 is 32.9. The second-order valence-corrected chi connectivity index (χ2v) is 7.86. The highest BCUT2D eigenvalue weighted by Gasteiger charge is 2.21. The molecule has 0 unspecified atom stereocenters. The molecule has 0 spiro atoms. The Kier molecular flexibility index (Phi) is 4.33. The summed E-state index contributed by atoms with van der Waals surface area (Å²) in [6.45, 7) is 1.86. The number of rotatable bonds is 3. The van der Waals surface area contributed by atoms with E-state index in [-0.39, 0.29) is 5.69 Å². The van der Waals surface area contributed by atoms with Gasteiger partial charge in [-0.3, -0.25) is 4.55 Å². The number of benzene rings is 4. The number of aryl methyl sites for hydroxylation is 1. The van der Waals surface area contributed by atoms with Gasteiger partial charge in [0.25, 0.3) is 10.1 Å². The molecular formula is C21H16N2O4S. The maximum Gasteiger partial charge on any atom is 0.298 e. The van der Waals surface area contributed by atoms with Crippen LogP contribution in [0.2, 0.25) is 0 Å². The molecule has 0 radical (unpaired) electrons. The highest BCUT2D eigenvalue weighted by atomic mass is 32.2. The van der Waals surface area contributed by atoms with E-state index in [0.29, 0.717) is 16.5 Å². The molecule has 0 fully saturated rings. The summed E-state index contributed by atoms with van der Waals surface area (Å²) in [5.74, 6) is -0.636. The van der Waals surface area contributed by atoms with Crippen molar-refractivity contribution in [2.24, 2.45) is 10.2 Å². The fraction of sp³-hybridized carbons (Fsp3) is 0.0476. The Balaban J connectivity index is 1.97. The number of phenols is 1. The lowest BCUT2D eigenvalue weighted by Gasteiger charge is -2.09. The molecule has 0 saturated carbocycles. The molecule has 0 aliphatic carbocycles. The summed E-state index contributed by atoms with van der Waals surface area (Å²) in [6, 6.07) is 19.8. The smallest absolute Gasteiger partial charge is 0.298 e. The number of phenolic OH excluding ortho intramolecular Hbond substituents is 1. The van der Waals surface area contributed by atoms with Gasteiger partial charge in [0, 0.05) is 10.8 Å². The molecular weight excluding hydrogens is 376 g/mol. The van der Waals surface area contributed by atoms with Crippen LogP contribution in [0.5, 0.6) is 5.75 Å². The van der Waals surface area contributed by atoms with Gasteiger partial charge in [-0.1, -0.05) is 60.2 Å². The number of hydrogen-bond donors (Lipinski definition) is 2. The van der Waals surface area contributed by atoms with Crippen LogP contribution in [0.3, 0.4) is 0 Å². The highest BCUT2D eigenvalue weighted by molar-refractivity contribution is 7.86. The number of hydrogen-bond acceptors (Lipinski definition) is 5. The standard InChI is InChI=1S/C21H16N2O4S/c1-13-9-10-17-15(11-13)12-19(28(25,26)27)21(24)20(17)23-22-18-8-4-6-14-5-2-3-7-16(14)18/h2-12,24H,1H3,(H,25,26,27). The van der Waals surface area contributed by atoms with Crippen molar-refractivity contribution >= 4 is 43.0 Å². The van der Waals surface area contributed by atoms with Gasteiger partial charge >= 0.3 is 0 Å². The second kappa shape index (κ2) is 6.70. The molecule has 28 heavy (non-hydrogen) atoms. The zero-order valence-electron chi connectivity index (χ0n) is 14.9. The molecule has 6 nitrogen and oxygen atoms in total. The quantitative estimate of drug-likeness (QED) is 0.346. The third kappa shape index (κ3) is 3.21. The van der Waals surface area contributed by atoms with Gasteiger partial charge in [-0.15, -0.1) is 10.2 Å². The Morgan fingerprint density at radius 2 is 1.57 bits per heavy atom. The molecule has 4 aromatic rings. The van der Waals surface area contributed by atoms with Gasteiger partial charge in [-0.25, -0.2) is 0 Å². The Bertz CT molecular complexity index is 1360. The van der Waals surface area contributed by atoms with Gasteiger partial charge in [-0.05, 0) is 29.8 Å². The zero-order valence-corrected chi connectivity index (χ0v) is 15.7. The van der Waals surface area contributed by atoms with E-state index in [9.17, 15) is 18.1 Å². The number of nitrogens with zero attached hydrogens (tertiary/aromatic N) is 2. The normalized spacial score (nSPS) is 12.2. The van der Waals surface area contributed by atoms with Gasteiger partial charge in [-0.2, -0.15) is 8.42 Å². The van der Waals surface area contributed by atoms with Gasteiger partial charge in [0.1, 0.15) is 10.6 Å². The summed E-state index contributed by atoms with van der Waals surface area (Å²) >= 11 is 0. The molecule has 0 aliphatic heterocycles. The van der Waals surface area contributed by atoms with Crippen molar-refractivity contribution in [3.63, 3.8) is 0 Å². The van der Waals surface area contributed by atoms with Crippen molar-refractivity contribution in [3.05, 3.63) is 72.3 Å². The summed E-state index contributed by atoms with van der Waals surface area (Å²) in [7, 11) is -4.63. The summed E-state index contributed by atoms with van der Waals surface area (Å²) in [5, 5.41) is 21.8. The Morgan fingerprint density at radius 3 is 2.36 bits per heavy atom. The average molecular weight is 392 g/mol. The van der Waals surface area contributed by atoms with Crippen molar-refractivity contribution in [2.45, 2.75) is 11.8 Å². The van der Waals surface area contributed by atoms with Crippen molar-refractivity contribution < 1.29 is 18.1 Å². The summed E-state index contributed by atoms with van der Waals surface area (Å²) in [4.78, 5) is -0.600. The van der Waals surface area contributed by atoms with E-state index >= 15 is 0 Å². The minimum atomic E-state index is -4.63. The average Bonchev–Trinajstić information content (AvgIpc) is 2.66. The fourth-order valence-electron chi connectivity index (χ4n) is 3.17. The minimum absolute atomic E-state index is 0.0157. The third-order valence-electron chi connectivity index (χ3n) is 4.51. The van der Waals surface area contributed by atoms with E-state index in [1.807, 2.05) is 49.4 Å². The number of fused-ring (bicyclic) bond motifs is 2. The molecule has 7 heteroatoms. The van der Waals surface area contributed by atoms with E-state index in [2.05, 4.69) is 10.2 Å². The van der Waals surface area contributed by atoms with Gasteiger partial charge in [0.15, 0.2) is 5.75 Å². The van der Waals surface area contributed by atoms with E-state index in [0.717, 1.165) is 16.3 Å². The molecule has 2 N–H and O–H groups in total. The number of azo groups is 1. The largest absolute Gasteiger partial charge is 0.504 e. The second-order valence-electron chi connectivity index (χ2n) is 6.47. The number of aromatic hydroxyl groups is 1. The summed E-state index contributed by atoms with van der Waals surface area (Å²) in [5.41, 5.74) is 1.46. The molecule has 0 aromatic heterocycles. The lowest BCUT2D eigenvalue weighted by molar-refractivity contribution is 0.445. The first kappa shape index (κ1) is 18.1. The maximum atomic E-state index is 11.7. The van der Waals surface area contributed by atoms with Crippen molar-refractivity contribution in [1.82, 2.24) is 0 Å². The third-order valence-corrected chi connectivity index (χ3v) is 5.38. The fourth-order valence-corrected chi connectivity index (χ4v) is 3.79. The van der Waals surface area contributed by atoms with Gasteiger partial charge in [0.05, 0.1) is 5.69 Å². The Hall–Kier alpha value is -3.29. The molecule has 140 valence electrons. The van der Waals surface area contributed by atoms with Crippen LogP contribution in [0.15, 0.2) is 81.9 Å². The van der Waals surface area contributed by atoms with Crippen LogP contribution < -0.4 is 0 Å². The zero-order chi connectivity index (χ0) is 19.9.